The first-order valence-electron chi connectivity index (χ1n) is 8.84. The van der Waals surface area contributed by atoms with Crippen LogP contribution in [0.3, 0.4) is 0 Å². The van der Waals surface area contributed by atoms with Gasteiger partial charge >= 0.3 is 0 Å². The molecular weight excluding hydrogens is 393 g/mol. The van der Waals surface area contributed by atoms with Crippen molar-refractivity contribution in [2.24, 2.45) is 7.05 Å². The molecule has 0 aliphatic heterocycles. The van der Waals surface area contributed by atoms with Crippen LogP contribution in [-0.2, 0) is 18.4 Å². The van der Waals surface area contributed by atoms with Crippen molar-refractivity contribution in [1.29, 1.82) is 0 Å². The number of anilines is 1. The van der Waals surface area contributed by atoms with E-state index in [1.54, 1.807) is 23.7 Å². The first-order valence-corrected chi connectivity index (χ1v) is 9.82. The van der Waals surface area contributed by atoms with E-state index in [0.29, 0.717) is 22.2 Å². The molecule has 0 aliphatic carbocycles. The van der Waals surface area contributed by atoms with E-state index in [1.807, 2.05) is 19.1 Å². The Hall–Kier alpha value is -3.20. The van der Waals surface area contributed by atoms with Gasteiger partial charge in [0.15, 0.2) is 11.0 Å². The Labute approximate surface area is 171 Å². The second-order valence-electron chi connectivity index (χ2n) is 6.35. The fraction of sp³-hybridized carbons (Fsp3) is 0.200. The van der Waals surface area contributed by atoms with E-state index in [9.17, 15) is 14.0 Å². The van der Waals surface area contributed by atoms with E-state index in [2.05, 4.69) is 20.8 Å². The number of nitrogens with one attached hydrogen (secondary N) is 2. The van der Waals surface area contributed by atoms with Gasteiger partial charge in [-0.3, -0.25) is 9.59 Å². The molecule has 0 aliphatic rings. The zero-order chi connectivity index (χ0) is 20.8. The van der Waals surface area contributed by atoms with E-state index in [4.69, 9.17) is 0 Å². The summed E-state index contributed by atoms with van der Waals surface area (Å²) in [6, 6.07) is 12.8. The molecule has 2 N–H and O–H groups in total. The number of rotatable bonds is 7. The lowest BCUT2D eigenvalue weighted by Crippen LogP contribution is -2.24. The molecule has 2 aromatic carbocycles. The van der Waals surface area contributed by atoms with Gasteiger partial charge in [-0.2, -0.15) is 0 Å². The van der Waals surface area contributed by atoms with Crippen LogP contribution in [-0.4, -0.2) is 32.3 Å². The molecule has 3 rings (SSSR count). The van der Waals surface area contributed by atoms with Crippen LogP contribution in [0.1, 0.15) is 21.7 Å². The molecular formula is C20H20FN5O2S. The summed E-state index contributed by atoms with van der Waals surface area (Å²) < 4.78 is 14.6. The molecule has 0 atom stereocenters. The molecule has 3 aromatic rings. The third-order valence-electron chi connectivity index (χ3n) is 4.11. The van der Waals surface area contributed by atoms with Crippen LogP contribution in [0, 0.1) is 12.7 Å². The number of aryl methyl sites for hydroxylation is 1. The fourth-order valence-electron chi connectivity index (χ4n) is 2.45. The van der Waals surface area contributed by atoms with E-state index < -0.39 is 0 Å². The molecule has 29 heavy (non-hydrogen) atoms. The Morgan fingerprint density at radius 2 is 1.76 bits per heavy atom. The zero-order valence-corrected chi connectivity index (χ0v) is 16.8. The standard InChI is InChI=1S/C20H20FN5O2S/c1-13-3-5-14(6-4-13)19(28)22-11-17-24-25-20(26(17)2)29-12-18(27)23-16-9-7-15(21)8-10-16/h3-10H,11-12H2,1-2H3,(H,22,28)(H,23,27). The molecule has 0 saturated heterocycles. The van der Waals surface area contributed by atoms with Gasteiger partial charge in [-0.1, -0.05) is 29.5 Å². The number of amides is 2. The minimum absolute atomic E-state index is 0.124. The summed E-state index contributed by atoms with van der Waals surface area (Å²) in [5.74, 6) is -0.0934. The minimum atomic E-state index is -0.363. The van der Waals surface area contributed by atoms with Gasteiger partial charge in [0.05, 0.1) is 12.3 Å². The van der Waals surface area contributed by atoms with E-state index in [-0.39, 0.29) is 29.9 Å². The molecule has 150 valence electrons. The van der Waals surface area contributed by atoms with Crippen LogP contribution < -0.4 is 10.6 Å². The van der Waals surface area contributed by atoms with Crippen LogP contribution in [0.2, 0.25) is 0 Å². The van der Waals surface area contributed by atoms with Crippen molar-refractivity contribution in [3.63, 3.8) is 0 Å². The molecule has 9 heteroatoms. The van der Waals surface area contributed by atoms with Gasteiger partial charge in [-0.15, -0.1) is 10.2 Å². The first kappa shape index (κ1) is 20.5. The third kappa shape index (κ3) is 5.64. The summed E-state index contributed by atoms with van der Waals surface area (Å²) in [6.07, 6.45) is 0. The van der Waals surface area contributed by atoms with Gasteiger partial charge in [0.1, 0.15) is 5.82 Å². The van der Waals surface area contributed by atoms with Gasteiger partial charge in [-0.05, 0) is 43.3 Å². The lowest BCUT2D eigenvalue weighted by Gasteiger charge is -2.07. The summed E-state index contributed by atoms with van der Waals surface area (Å²) in [4.78, 5) is 24.3. The Bertz CT molecular complexity index is 1000. The fourth-order valence-corrected chi connectivity index (χ4v) is 3.18. The highest BCUT2D eigenvalue weighted by molar-refractivity contribution is 7.99. The number of nitrogens with zero attached hydrogens (tertiary/aromatic N) is 3. The summed E-state index contributed by atoms with van der Waals surface area (Å²) in [7, 11) is 1.77. The van der Waals surface area contributed by atoms with Crippen LogP contribution >= 0.6 is 11.8 Å². The third-order valence-corrected chi connectivity index (χ3v) is 5.13. The number of hydrogen-bond donors (Lipinski definition) is 2. The zero-order valence-electron chi connectivity index (χ0n) is 16.0. The van der Waals surface area contributed by atoms with Crippen molar-refractivity contribution in [1.82, 2.24) is 20.1 Å². The number of hydrogen-bond acceptors (Lipinski definition) is 5. The minimum Gasteiger partial charge on any atom is -0.345 e. The summed E-state index contributed by atoms with van der Waals surface area (Å²) in [5.41, 5.74) is 2.18. The van der Waals surface area contributed by atoms with Gasteiger partial charge in [0, 0.05) is 18.3 Å². The molecule has 0 bridgehead atoms. The number of halogens is 1. The van der Waals surface area contributed by atoms with Crippen molar-refractivity contribution in [2.75, 3.05) is 11.1 Å². The van der Waals surface area contributed by atoms with Gasteiger partial charge < -0.3 is 15.2 Å². The van der Waals surface area contributed by atoms with Gasteiger partial charge in [-0.25, -0.2) is 4.39 Å². The molecule has 1 heterocycles. The second kappa shape index (κ2) is 9.33. The lowest BCUT2D eigenvalue weighted by atomic mass is 10.1. The molecule has 0 saturated carbocycles. The van der Waals surface area contributed by atoms with Crippen molar-refractivity contribution >= 4 is 29.3 Å². The molecule has 0 unspecified atom stereocenters. The quantitative estimate of drug-likeness (QED) is 0.582. The highest BCUT2D eigenvalue weighted by Gasteiger charge is 2.13. The Morgan fingerprint density at radius 3 is 2.45 bits per heavy atom. The number of thioether (sulfide) groups is 1. The second-order valence-corrected chi connectivity index (χ2v) is 7.29. The SMILES string of the molecule is Cc1ccc(C(=O)NCc2nnc(SCC(=O)Nc3ccc(F)cc3)n2C)cc1. The summed E-state index contributed by atoms with van der Waals surface area (Å²) >= 11 is 1.22. The van der Waals surface area contributed by atoms with Crippen LogP contribution in [0.25, 0.3) is 0 Å². The highest BCUT2D eigenvalue weighted by Crippen LogP contribution is 2.16. The van der Waals surface area contributed by atoms with Crippen molar-refractivity contribution in [3.05, 3.63) is 71.3 Å². The highest BCUT2D eigenvalue weighted by atomic mass is 32.2. The van der Waals surface area contributed by atoms with Crippen molar-refractivity contribution in [3.8, 4) is 0 Å². The largest absolute Gasteiger partial charge is 0.345 e. The summed E-state index contributed by atoms with van der Waals surface area (Å²) in [6.45, 7) is 2.18. The Morgan fingerprint density at radius 1 is 1.07 bits per heavy atom. The summed E-state index contributed by atoms with van der Waals surface area (Å²) in [5, 5.41) is 14.2. The topological polar surface area (TPSA) is 88.9 Å². The molecule has 1 aromatic heterocycles. The Kier molecular flexibility index (Phi) is 6.61. The Balaban J connectivity index is 1.51. The maximum atomic E-state index is 12.9. The van der Waals surface area contributed by atoms with Crippen LogP contribution in [0.5, 0.6) is 0 Å². The number of carbonyl (C=O) groups is 2. The van der Waals surface area contributed by atoms with Crippen molar-refractivity contribution < 1.29 is 14.0 Å². The monoisotopic (exact) mass is 413 g/mol. The lowest BCUT2D eigenvalue weighted by molar-refractivity contribution is -0.113. The molecule has 0 radical (unpaired) electrons. The number of carbonyl (C=O) groups excluding carboxylic acids is 2. The average Bonchev–Trinajstić information content (AvgIpc) is 3.06. The molecule has 0 spiro atoms. The number of aromatic nitrogens is 3. The average molecular weight is 413 g/mol. The maximum absolute atomic E-state index is 12.9. The van der Waals surface area contributed by atoms with Gasteiger partial charge in [0.25, 0.3) is 5.91 Å². The predicted molar refractivity (Wildman–Crippen MR) is 109 cm³/mol. The molecule has 0 fully saturated rings. The molecule has 2 amide bonds. The predicted octanol–water partition coefficient (Wildman–Crippen LogP) is 2.92. The van der Waals surface area contributed by atoms with E-state index >= 15 is 0 Å². The first-order chi connectivity index (χ1) is 13.9. The maximum Gasteiger partial charge on any atom is 0.251 e. The van der Waals surface area contributed by atoms with Crippen LogP contribution in [0.15, 0.2) is 53.7 Å². The number of benzene rings is 2. The van der Waals surface area contributed by atoms with E-state index in [0.717, 1.165) is 5.56 Å². The van der Waals surface area contributed by atoms with Crippen LogP contribution in [0.4, 0.5) is 10.1 Å². The van der Waals surface area contributed by atoms with E-state index in [1.165, 1.54) is 36.0 Å². The van der Waals surface area contributed by atoms with Gasteiger partial charge in [0.2, 0.25) is 5.91 Å². The molecule has 7 nitrogen and oxygen atoms in total. The smallest absolute Gasteiger partial charge is 0.251 e. The normalized spacial score (nSPS) is 10.6. The van der Waals surface area contributed by atoms with Crippen molar-refractivity contribution in [2.45, 2.75) is 18.6 Å².